The van der Waals surface area contributed by atoms with Crippen LogP contribution >= 0.6 is 0 Å². The number of carbonyl (C=O) groups is 2. The number of hydrogen-bond acceptors (Lipinski definition) is 5. The van der Waals surface area contributed by atoms with Crippen LogP contribution in [-0.2, 0) is 20.7 Å². The first kappa shape index (κ1) is 29.8. The normalized spacial score (nSPS) is 14.2. The van der Waals surface area contributed by atoms with Crippen molar-refractivity contribution < 1.29 is 24.5 Å². The molecule has 3 aromatic rings. The van der Waals surface area contributed by atoms with E-state index in [2.05, 4.69) is 101 Å². The van der Waals surface area contributed by atoms with Crippen LogP contribution in [0, 0.1) is 0 Å². The van der Waals surface area contributed by atoms with Gasteiger partial charge in [0.05, 0.1) is 6.61 Å². The maximum Gasteiger partial charge on any atom is 0.328 e. The molecule has 0 atom stereocenters. The van der Waals surface area contributed by atoms with Gasteiger partial charge in [0.15, 0.2) is 0 Å². The molecule has 1 heterocycles. The van der Waals surface area contributed by atoms with Gasteiger partial charge in [-0.1, -0.05) is 91.0 Å². The predicted molar refractivity (Wildman–Crippen MR) is 153 cm³/mol. The molecule has 4 rings (SSSR count). The van der Waals surface area contributed by atoms with Crippen molar-refractivity contribution in [2.24, 2.45) is 0 Å². The summed E-state index contributed by atoms with van der Waals surface area (Å²) in [5.41, 5.74) is 3.89. The largest absolute Gasteiger partial charge is 0.478 e. The highest BCUT2D eigenvalue weighted by molar-refractivity contribution is 5.89. The SMILES string of the molecule is O=C(O)/C=C\C(=O)O.c1ccc(CCCN2CCN(CCOC(c3ccccc3)c3ccccc3)CC2)cc1. The van der Waals surface area contributed by atoms with E-state index in [-0.39, 0.29) is 6.10 Å². The zero-order valence-electron chi connectivity index (χ0n) is 22.3. The number of piperazine rings is 1. The Labute approximate surface area is 231 Å². The lowest BCUT2D eigenvalue weighted by Gasteiger charge is -2.35. The van der Waals surface area contributed by atoms with Gasteiger partial charge in [-0.2, -0.15) is 0 Å². The number of aryl methyl sites for hydroxylation is 1. The van der Waals surface area contributed by atoms with E-state index in [0.717, 1.165) is 39.3 Å². The third-order valence-electron chi connectivity index (χ3n) is 6.51. The zero-order chi connectivity index (χ0) is 27.7. The second kappa shape index (κ2) is 16.9. The summed E-state index contributed by atoms with van der Waals surface area (Å²) in [7, 11) is 0. The minimum Gasteiger partial charge on any atom is -0.478 e. The first-order valence-electron chi connectivity index (χ1n) is 13.4. The Morgan fingerprint density at radius 1 is 0.692 bits per heavy atom. The number of nitrogens with zero attached hydrogens (tertiary/aromatic N) is 2. The van der Waals surface area contributed by atoms with Crippen molar-refractivity contribution in [2.45, 2.75) is 18.9 Å². The van der Waals surface area contributed by atoms with Gasteiger partial charge in [0.2, 0.25) is 0 Å². The molecular formula is C32H38N2O5. The average molecular weight is 531 g/mol. The Kier molecular flexibility index (Phi) is 12.9. The summed E-state index contributed by atoms with van der Waals surface area (Å²) in [6.07, 6.45) is 3.53. The highest BCUT2D eigenvalue weighted by Crippen LogP contribution is 2.25. The Morgan fingerprint density at radius 2 is 1.13 bits per heavy atom. The summed E-state index contributed by atoms with van der Waals surface area (Å²) in [5.74, 6) is -2.51. The zero-order valence-corrected chi connectivity index (χ0v) is 22.3. The molecule has 1 aliphatic heterocycles. The minimum absolute atomic E-state index is 0.00155. The lowest BCUT2D eigenvalue weighted by molar-refractivity contribution is -0.134. The van der Waals surface area contributed by atoms with E-state index in [1.165, 1.54) is 36.1 Å². The monoisotopic (exact) mass is 530 g/mol. The van der Waals surface area contributed by atoms with Crippen molar-refractivity contribution in [2.75, 3.05) is 45.9 Å². The maximum atomic E-state index is 9.55. The van der Waals surface area contributed by atoms with Gasteiger partial charge in [0.25, 0.3) is 0 Å². The fourth-order valence-electron chi connectivity index (χ4n) is 4.47. The molecule has 1 fully saturated rings. The molecule has 1 saturated heterocycles. The van der Waals surface area contributed by atoms with Crippen LogP contribution in [0.25, 0.3) is 0 Å². The summed E-state index contributed by atoms with van der Waals surface area (Å²) < 4.78 is 6.40. The van der Waals surface area contributed by atoms with Gasteiger partial charge in [0, 0.05) is 44.9 Å². The highest BCUT2D eigenvalue weighted by Gasteiger charge is 2.18. The van der Waals surface area contributed by atoms with E-state index in [4.69, 9.17) is 14.9 Å². The quantitative estimate of drug-likeness (QED) is 0.327. The molecule has 0 spiro atoms. The van der Waals surface area contributed by atoms with Crippen LogP contribution in [-0.4, -0.2) is 77.8 Å². The number of benzene rings is 3. The van der Waals surface area contributed by atoms with Crippen LogP contribution in [0.4, 0.5) is 0 Å². The van der Waals surface area contributed by atoms with Crippen LogP contribution in [0.15, 0.2) is 103 Å². The highest BCUT2D eigenvalue weighted by atomic mass is 16.5. The number of aliphatic carboxylic acids is 2. The maximum absolute atomic E-state index is 9.55. The van der Waals surface area contributed by atoms with Gasteiger partial charge in [-0.25, -0.2) is 9.59 Å². The van der Waals surface area contributed by atoms with Crippen LogP contribution in [0.3, 0.4) is 0 Å². The number of rotatable bonds is 12. The molecule has 7 heteroatoms. The van der Waals surface area contributed by atoms with Crippen LogP contribution in [0.1, 0.15) is 29.2 Å². The molecule has 2 N–H and O–H groups in total. The molecule has 0 amide bonds. The molecule has 0 unspecified atom stereocenters. The summed E-state index contributed by atoms with van der Waals surface area (Å²) in [5, 5.41) is 15.6. The lowest BCUT2D eigenvalue weighted by Crippen LogP contribution is -2.47. The molecule has 0 saturated carbocycles. The molecule has 0 bridgehead atoms. The molecule has 0 radical (unpaired) electrons. The van der Waals surface area contributed by atoms with Crippen molar-refractivity contribution in [1.29, 1.82) is 0 Å². The fourth-order valence-corrected chi connectivity index (χ4v) is 4.47. The molecule has 0 aromatic heterocycles. The van der Waals surface area contributed by atoms with Gasteiger partial charge < -0.3 is 19.8 Å². The predicted octanol–water partition coefficient (Wildman–Crippen LogP) is 4.75. The molecule has 39 heavy (non-hydrogen) atoms. The average Bonchev–Trinajstić information content (AvgIpc) is 2.97. The van der Waals surface area contributed by atoms with Gasteiger partial charge in [-0.05, 0) is 36.1 Å². The standard InChI is InChI=1S/C28H34N2O.C4H4O4/c1-4-11-25(12-5-1)13-10-18-29-19-21-30(22-20-29)23-24-31-28(26-14-6-2-7-15-26)27-16-8-3-9-17-27;5-3(6)1-2-4(7)8/h1-9,11-12,14-17,28H,10,13,18-24H2;1-2H,(H,5,6)(H,7,8)/b;2-1-. The molecular weight excluding hydrogens is 492 g/mol. The van der Waals surface area contributed by atoms with Gasteiger partial charge >= 0.3 is 11.9 Å². The van der Waals surface area contributed by atoms with Gasteiger partial charge in [-0.3, -0.25) is 4.90 Å². The first-order chi connectivity index (χ1) is 19.0. The topological polar surface area (TPSA) is 90.3 Å². The number of hydrogen-bond donors (Lipinski definition) is 2. The van der Waals surface area contributed by atoms with Gasteiger partial charge in [-0.15, -0.1) is 0 Å². The van der Waals surface area contributed by atoms with Crippen molar-refractivity contribution in [3.63, 3.8) is 0 Å². The molecule has 1 aliphatic rings. The summed E-state index contributed by atoms with van der Waals surface area (Å²) in [6.45, 7) is 7.54. The Bertz CT molecular complexity index is 1080. The smallest absolute Gasteiger partial charge is 0.328 e. The van der Waals surface area contributed by atoms with Crippen LogP contribution < -0.4 is 0 Å². The Morgan fingerprint density at radius 3 is 1.59 bits per heavy atom. The van der Waals surface area contributed by atoms with Crippen molar-refractivity contribution in [3.8, 4) is 0 Å². The third-order valence-corrected chi connectivity index (χ3v) is 6.51. The third kappa shape index (κ3) is 11.7. The van der Waals surface area contributed by atoms with E-state index in [9.17, 15) is 9.59 Å². The summed E-state index contributed by atoms with van der Waals surface area (Å²) >= 11 is 0. The molecule has 0 aliphatic carbocycles. The summed E-state index contributed by atoms with van der Waals surface area (Å²) in [4.78, 5) is 24.3. The van der Waals surface area contributed by atoms with Crippen LogP contribution in [0.2, 0.25) is 0 Å². The number of carboxylic acids is 2. The van der Waals surface area contributed by atoms with E-state index < -0.39 is 11.9 Å². The second-order valence-electron chi connectivity index (χ2n) is 9.35. The Balaban J connectivity index is 0.000000459. The van der Waals surface area contributed by atoms with Gasteiger partial charge in [0.1, 0.15) is 6.10 Å². The van der Waals surface area contributed by atoms with Crippen molar-refractivity contribution in [1.82, 2.24) is 9.80 Å². The van der Waals surface area contributed by atoms with E-state index >= 15 is 0 Å². The van der Waals surface area contributed by atoms with E-state index in [1.807, 2.05) is 0 Å². The van der Waals surface area contributed by atoms with E-state index in [1.54, 1.807) is 0 Å². The first-order valence-corrected chi connectivity index (χ1v) is 13.4. The second-order valence-corrected chi connectivity index (χ2v) is 9.35. The number of ether oxygens (including phenoxy) is 1. The Hall–Kier alpha value is -3.78. The summed E-state index contributed by atoms with van der Waals surface area (Å²) in [6, 6.07) is 31.9. The van der Waals surface area contributed by atoms with Crippen LogP contribution in [0.5, 0.6) is 0 Å². The molecule has 206 valence electrons. The van der Waals surface area contributed by atoms with Crippen molar-refractivity contribution in [3.05, 3.63) is 120 Å². The number of carboxylic acid groups (broad SMARTS) is 2. The fraction of sp³-hybridized carbons (Fsp3) is 0.312. The molecule has 3 aromatic carbocycles. The minimum atomic E-state index is -1.26. The lowest BCUT2D eigenvalue weighted by atomic mass is 10.0. The van der Waals surface area contributed by atoms with E-state index in [0.29, 0.717) is 12.2 Å². The van der Waals surface area contributed by atoms with Crippen molar-refractivity contribution >= 4 is 11.9 Å². The molecule has 7 nitrogen and oxygen atoms in total.